The molecule has 202 valence electrons. The summed E-state index contributed by atoms with van der Waals surface area (Å²) in [5.41, 5.74) is 2.00. The number of methoxy groups -OCH3 is 1. The summed E-state index contributed by atoms with van der Waals surface area (Å²) in [4.78, 5) is 33.1. The Morgan fingerprint density at radius 1 is 1.21 bits per heavy atom. The van der Waals surface area contributed by atoms with Crippen LogP contribution in [-0.2, 0) is 16.1 Å². The number of ether oxygens (including phenoxy) is 3. The molecule has 12 heteroatoms. The molecule has 0 spiro atoms. The first-order valence-corrected chi connectivity index (χ1v) is 12.4. The summed E-state index contributed by atoms with van der Waals surface area (Å²) in [6, 6.07) is 9.66. The normalized spacial score (nSPS) is 13.7. The van der Waals surface area contributed by atoms with E-state index in [-0.39, 0.29) is 35.6 Å². The molecule has 1 aromatic carbocycles. The van der Waals surface area contributed by atoms with Crippen LogP contribution in [0.5, 0.6) is 11.6 Å². The molecule has 0 aliphatic carbocycles. The second kappa shape index (κ2) is 11.4. The van der Waals surface area contributed by atoms with E-state index in [9.17, 15) is 14.0 Å². The zero-order valence-electron chi connectivity index (χ0n) is 21.4. The van der Waals surface area contributed by atoms with Crippen molar-refractivity contribution in [3.05, 3.63) is 65.7 Å². The van der Waals surface area contributed by atoms with Gasteiger partial charge in [-0.25, -0.2) is 18.9 Å². The third-order valence-corrected chi connectivity index (χ3v) is 6.17. The van der Waals surface area contributed by atoms with Gasteiger partial charge in [0.25, 0.3) is 5.91 Å². The van der Waals surface area contributed by atoms with Crippen molar-refractivity contribution in [2.45, 2.75) is 32.4 Å². The Balaban J connectivity index is 1.36. The lowest BCUT2D eigenvalue weighted by atomic mass is 10.1. The molecule has 0 atom stereocenters. The van der Waals surface area contributed by atoms with E-state index in [1.54, 1.807) is 36.5 Å². The van der Waals surface area contributed by atoms with Crippen molar-refractivity contribution in [3.8, 4) is 22.9 Å². The van der Waals surface area contributed by atoms with Crippen LogP contribution in [0.15, 0.2) is 48.8 Å². The van der Waals surface area contributed by atoms with Gasteiger partial charge in [0.05, 0.1) is 32.2 Å². The number of aromatic nitrogens is 4. The minimum absolute atomic E-state index is 0.0781. The highest BCUT2D eigenvalue weighted by Crippen LogP contribution is 2.27. The van der Waals surface area contributed by atoms with Crippen molar-refractivity contribution in [2.75, 3.05) is 25.6 Å². The third kappa shape index (κ3) is 5.96. The Labute approximate surface area is 223 Å². The summed E-state index contributed by atoms with van der Waals surface area (Å²) in [6.07, 6.45) is 4.47. The number of imidazole rings is 1. The molecular formula is C27H27FN6O5. The zero-order chi connectivity index (χ0) is 27.4. The number of hydrogen-bond acceptors (Lipinski definition) is 8. The summed E-state index contributed by atoms with van der Waals surface area (Å²) in [5.74, 6) is -0.356. The van der Waals surface area contributed by atoms with E-state index in [2.05, 4.69) is 25.7 Å². The van der Waals surface area contributed by atoms with Gasteiger partial charge in [-0.1, -0.05) is 6.07 Å². The molecule has 0 bridgehead atoms. The number of rotatable bonds is 8. The Bertz CT molecular complexity index is 1520. The number of fused-ring (bicyclic) bond motifs is 1. The number of anilines is 1. The smallest absolute Gasteiger partial charge is 0.257 e. The topological polar surface area (TPSA) is 129 Å². The maximum Gasteiger partial charge on any atom is 0.257 e. The molecule has 3 aromatic heterocycles. The van der Waals surface area contributed by atoms with Crippen LogP contribution < -0.4 is 20.1 Å². The van der Waals surface area contributed by atoms with Crippen molar-refractivity contribution < 1.29 is 28.2 Å². The largest absolute Gasteiger partial charge is 0.490 e. The summed E-state index contributed by atoms with van der Waals surface area (Å²) in [6.45, 7) is 2.48. The number of pyridine rings is 1. The number of nitrogens with one attached hydrogen (secondary N) is 2. The van der Waals surface area contributed by atoms with Crippen LogP contribution in [0.3, 0.4) is 0 Å². The molecule has 5 rings (SSSR count). The van der Waals surface area contributed by atoms with Crippen molar-refractivity contribution >= 4 is 23.3 Å². The fraction of sp³-hybridized carbons (Fsp3) is 0.296. The molecule has 4 heterocycles. The molecule has 1 fully saturated rings. The van der Waals surface area contributed by atoms with Crippen LogP contribution in [0.1, 0.15) is 35.7 Å². The lowest BCUT2D eigenvalue weighted by Gasteiger charge is -2.24. The number of halogens is 1. The second-order valence-corrected chi connectivity index (χ2v) is 8.94. The average Bonchev–Trinajstić information content (AvgIpc) is 3.33. The monoisotopic (exact) mass is 534 g/mol. The molecule has 0 saturated carbocycles. The first-order valence-electron chi connectivity index (χ1n) is 12.4. The average molecular weight is 535 g/mol. The van der Waals surface area contributed by atoms with Crippen LogP contribution >= 0.6 is 0 Å². The minimum atomic E-state index is -0.502. The summed E-state index contributed by atoms with van der Waals surface area (Å²) >= 11 is 0. The SMILES string of the molecule is COc1ncc(-c2ccc3nc(NC(C)=O)cn3n2)cc1C(=O)NCc1c(F)cccc1OC1CCOCC1. The summed E-state index contributed by atoms with van der Waals surface area (Å²) in [7, 11) is 1.41. The number of benzene rings is 1. The Morgan fingerprint density at radius 3 is 2.79 bits per heavy atom. The fourth-order valence-electron chi connectivity index (χ4n) is 4.25. The van der Waals surface area contributed by atoms with Gasteiger partial charge in [0.2, 0.25) is 11.8 Å². The van der Waals surface area contributed by atoms with Crippen LogP contribution in [-0.4, -0.2) is 57.8 Å². The molecule has 39 heavy (non-hydrogen) atoms. The molecule has 1 saturated heterocycles. The first kappa shape index (κ1) is 26.0. The number of amides is 2. The molecule has 11 nitrogen and oxygen atoms in total. The third-order valence-electron chi connectivity index (χ3n) is 6.17. The van der Waals surface area contributed by atoms with Crippen molar-refractivity contribution in [3.63, 3.8) is 0 Å². The molecular weight excluding hydrogens is 507 g/mol. The van der Waals surface area contributed by atoms with Gasteiger partial charge in [-0.2, -0.15) is 5.10 Å². The predicted molar refractivity (Wildman–Crippen MR) is 139 cm³/mol. The molecule has 2 N–H and O–H groups in total. The van der Waals surface area contributed by atoms with Crippen molar-refractivity contribution in [1.29, 1.82) is 0 Å². The number of carbonyl (C=O) groups excluding carboxylic acids is 2. The maximum absolute atomic E-state index is 14.8. The van der Waals surface area contributed by atoms with Gasteiger partial charge in [-0.15, -0.1) is 0 Å². The van der Waals surface area contributed by atoms with Gasteiger partial charge in [-0.3, -0.25) is 9.59 Å². The van der Waals surface area contributed by atoms with Crippen molar-refractivity contribution in [2.24, 2.45) is 0 Å². The highest BCUT2D eigenvalue weighted by Gasteiger charge is 2.21. The molecule has 0 unspecified atom stereocenters. The van der Waals surface area contributed by atoms with E-state index in [0.717, 1.165) is 0 Å². The highest BCUT2D eigenvalue weighted by molar-refractivity contribution is 5.97. The first-order chi connectivity index (χ1) is 18.9. The van der Waals surface area contributed by atoms with Gasteiger partial charge in [0, 0.05) is 43.6 Å². The zero-order valence-corrected chi connectivity index (χ0v) is 21.4. The van der Waals surface area contributed by atoms with E-state index in [4.69, 9.17) is 14.2 Å². The lowest BCUT2D eigenvalue weighted by Crippen LogP contribution is -2.28. The number of hydrogen-bond donors (Lipinski definition) is 2. The van der Waals surface area contributed by atoms with Crippen LogP contribution in [0, 0.1) is 5.82 Å². The molecule has 1 aliphatic heterocycles. The van der Waals surface area contributed by atoms with Gasteiger partial charge in [-0.05, 0) is 30.3 Å². The van der Waals surface area contributed by atoms with E-state index >= 15 is 0 Å². The van der Waals surface area contributed by atoms with E-state index in [1.165, 1.54) is 30.8 Å². The highest BCUT2D eigenvalue weighted by atomic mass is 19.1. The van der Waals surface area contributed by atoms with Gasteiger partial charge in [0.1, 0.15) is 23.2 Å². The van der Waals surface area contributed by atoms with Gasteiger partial charge >= 0.3 is 0 Å². The van der Waals surface area contributed by atoms with Crippen LogP contribution in [0.4, 0.5) is 10.2 Å². The van der Waals surface area contributed by atoms with Crippen molar-refractivity contribution in [1.82, 2.24) is 24.9 Å². The fourth-order valence-corrected chi connectivity index (χ4v) is 4.25. The van der Waals surface area contributed by atoms with E-state index in [1.807, 2.05) is 0 Å². The maximum atomic E-state index is 14.8. The quantitative estimate of drug-likeness (QED) is 0.352. The van der Waals surface area contributed by atoms with E-state index in [0.29, 0.717) is 54.5 Å². The Kier molecular flexibility index (Phi) is 7.64. The minimum Gasteiger partial charge on any atom is -0.490 e. The standard InChI is InChI=1S/C27H27FN6O5/c1-16(35)31-24-15-34-25(32-24)7-6-22(33-34)17-12-19(27(37-2)30-13-17)26(36)29-14-20-21(28)4-3-5-23(20)39-18-8-10-38-11-9-18/h3-7,12-13,15,18H,8-11,14H2,1-2H3,(H,29,36)(H,31,35). The van der Waals surface area contributed by atoms with Crippen LogP contribution in [0.25, 0.3) is 16.9 Å². The summed E-state index contributed by atoms with van der Waals surface area (Å²) in [5, 5.41) is 9.89. The van der Waals surface area contributed by atoms with Gasteiger partial charge < -0.3 is 24.8 Å². The van der Waals surface area contributed by atoms with Crippen LogP contribution in [0.2, 0.25) is 0 Å². The Hall–Kier alpha value is -4.58. The molecule has 2 amide bonds. The number of nitrogens with zero attached hydrogens (tertiary/aromatic N) is 4. The molecule has 4 aromatic rings. The van der Waals surface area contributed by atoms with E-state index < -0.39 is 11.7 Å². The second-order valence-electron chi connectivity index (χ2n) is 8.94. The predicted octanol–water partition coefficient (Wildman–Crippen LogP) is 3.39. The lowest BCUT2D eigenvalue weighted by molar-refractivity contribution is -0.114. The van der Waals surface area contributed by atoms with Gasteiger partial charge in [0.15, 0.2) is 11.5 Å². The summed E-state index contributed by atoms with van der Waals surface area (Å²) < 4.78 is 33.0. The Morgan fingerprint density at radius 2 is 2.03 bits per heavy atom. The number of carbonyl (C=O) groups is 2. The molecule has 0 radical (unpaired) electrons. The molecule has 1 aliphatic rings.